The molecule has 0 radical (unpaired) electrons. The van der Waals surface area contributed by atoms with Crippen LogP contribution in [0.2, 0.25) is 0 Å². The largest absolute Gasteiger partial charge is 0.310 e. The Morgan fingerprint density at radius 3 is 2.47 bits per heavy atom. The minimum atomic E-state index is -0.105. The topological polar surface area (TPSA) is 15.3 Å². The zero-order valence-electron chi connectivity index (χ0n) is 12.5. The third-order valence-corrected chi connectivity index (χ3v) is 3.45. The van der Waals surface area contributed by atoms with E-state index in [1.165, 1.54) is 6.42 Å². The van der Waals surface area contributed by atoms with Gasteiger partial charge in [-0.1, -0.05) is 39.0 Å². The molecule has 0 fully saturated rings. The highest BCUT2D eigenvalue weighted by atomic mass is 19.1. The van der Waals surface area contributed by atoms with Gasteiger partial charge in [-0.05, 0) is 45.1 Å². The van der Waals surface area contributed by atoms with Crippen molar-refractivity contribution >= 4 is 0 Å². The first-order chi connectivity index (χ1) is 9.22. The SMILES string of the molecule is CCCN(CC)CCC(NCC)c1ccccc1F. The van der Waals surface area contributed by atoms with Crippen molar-refractivity contribution in [3.8, 4) is 0 Å². The lowest BCUT2D eigenvalue weighted by Gasteiger charge is -2.24. The Labute approximate surface area is 117 Å². The van der Waals surface area contributed by atoms with Gasteiger partial charge in [-0.15, -0.1) is 0 Å². The molecule has 1 N–H and O–H groups in total. The van der Waals surface area contributed by atoms with Gasteiger partial charge < -0.3 is 10.2 Å². The second-order valence-electron chi connectivity index (χ2n) is 4.85. The minimum Gasteiger partial charge on any atom is -0.310 e. The molecule has 19 heavy (non-hydrogen) atoms. The summed E-state index contributed by atoms with van der Waals surface area (Å²) in [5.74, 6) is -0.105. The molecule has 0 aliphatic rings. The van der Waals surface area contributed by atoms with Crippen LogP contribution in [-0.2, 0) is 0 Å². The first-order valence-corrected chi connectivity index (χ1v) is 7.43. The van der Waals surface area contributed by atoms with Gasteiger partial charge in [-0.25, -0.2) is 4.39 Å². The zero-order chi connectivity index (χ0) is 14.1. The lowest BCUT2D eigenvalue weighted by atomic mass is 10.0. The molecule has 108 valence electrons. The molecule has 0 saturated carbocycles. The van der Waals surface area contributed by atoms with Crippen molar-refractivity contribution in [3.05, 3.63) is 35.6 Å². The molecule has 3 heteroatoms. The van der Waals surface area contributed by atoms with Gasteiger partial charge >= 0.3 is 0 Å². The monoisotopic (exact) mass is 266 g/mol. The molecule has 0 heterocycles. The molecule has 0 bridgehead atoms. The van der Waals surface area contributed by atoms with Gasteiger partial charge in [0.2, 0.25) is 0 Å². The van der Waals surface area contributed by atoms with Crippen LogP contribution in [0.5, 0.6) is 0 Å². The Morgan fingerprint density at radius 1 is 1.16 bits per heavy atom. The number of benzene rings is 1. The van der Waals surface area contributed by atoms with Crippen molar-refractivity contribution in [2.24, 2.45) is 0 Å². The van der Waals surface area contributed by atoms with Gasteiger partial charge in [-0.2, -0.15) is 0 Å². The van der Waals surface area contributed by atoms with Gasteiger partial charge in [0.15, 0.2) is 0 Å². The predicted molar refractivity (Wildman–Crippen MR) is 79.8 cm³/mol. The lowest BCUT2D eigenvalue weighted by Crippen LogP contribution is -2.30. The van der Waals surface area contributed by atoms with Crippen LogP contribution < -0.4 is 5.32 Å². The number of rotatable bonds is 9. The van der Waals surface area contributed by atoms with E-state index in [1.54, 1.807) is 12.1 Å². The molecule has 2 nitrogen and oxygen atoms in total. The maximum atomic E-state index is 13.9. The molecule has 0 aromatic heterocycles. The van der Waals surface area contributed by atoms with Crippen LogP contribution >= 0.6 is 0 Å². The van der Waals surface area contributed by atoms with Crippen molar-refractivity contribution in [1.82, 2.24) is 10.2 Å². The number of halogens is 1. The van der Waals surface area contributed by atoms with Crippen molar-refractivity contribution in [2.45, 2.75) is 39.7 Å². The summed E-state index contributed by atoms with van der Waals surface area (Å²) in [6, 6.07) is 7.20. The highest BCUT2D eigenvalue weighted by Crippen LogP contribution is 2.20. The predicted octanol–water partition coefficient (Wildman–Crippen LogP) is 3.60. The molecule has 1 unspecified atom stereocenters. The van der Waals surface area contributed by atoms with Gasteiger partial charge in [0.1, 0.15) is 5.82 Å². The summed E-state index contributed by atoms with van der Waals surface area (Å²) < 4.78 is 13.9. The van der Waals surface area contributed by atoms with Crippen LogP contribution in [-0.4, -0.2) is 31.1 Å². The zero-order valence-corrected chi connectivity index (χ0v) is 12.5. The van der Waals surface area contributed by atoms with Gasteiger partial charge in [-0.3, -0.25) is 0 Å². The fraction of sp³-hybridized carbons (Fsp3) is 0.625. The van der Waals surface area contributed by atoms with E-state index in [1.807, 2.05) is 12.1 Å². The average Bonchev–Trinajstić information content (AvgIpc) is 2.42. The number of hydrogen-bond acceptors (Lipinski definition) is 2. The molecule has 0 saturated heterocycles. The second kappa shape index (κ2) is 9.05. The summed E-state index contributed by atoms with van der Waals surface area (Å²) in [6.07, 6.45) is 2.11. The molecule has 0 amide bonds. The summed E-state index contributed by atoms with van der Waals surface area (Å²) in [5.41, 5.74) is 0.789. The van der Waals surface area contributed by atoms with Crippen LogP contribution in [0.25, 0.3) is 0 Å². The lowest BCUT2D eigenvalue weighted by molar-refractivity contribution is 0.268. The molecule has 1 rings (SSSR count). The van der Waals surface area contributed by atoms with E-state index in [2.05, 4.69) is 31.0 Å². The molecule has 1 atom stereocenters. The standard InChI is InChI=1S/C16H27FN2/c1-4-12-19(6-3)13-11-16(18-5-2)14-9-7-8-10-15(14)17/h7-10,16,18H,4-6,11-13H2,1-3H3. The Hall–Kier alpha value is -0.930. The third-order valence-electron chi connectivity index (χ3n) is 3.45. The number of nitrogens with zero attached hydrogens (tertiary/aromatic N) is 1. The fourth-order valence-corrected chi connectivity index (χ4v) is 2.43. The van der Waals surface area contributed by atoms with E-state index < -0.39 is 0 Å². The summed E-state index contributed by atoms with van der Waals surface area (Å²) in [7, 11) is 0. The van der Waals surface area contributed by atoms with E-state index in [0.29, 0.717) is 0 Å². The fourth-order valence-electron chi connectivity index (χ4n) is 2.43. The molecule has 1 aromatic carbocycles. The van der Waals surface area contributed by atoms with Gasteiger partial charge in [0.05, 0.1) is 0 Å². The van der Waals surface area contributed by atoms with Crippen LogP contribution in [0.3, 0.4) is 0 Å². The molecule has 0 spiro atoms. The summed E-state index contributed by atoms with van der Waals surface area (Å²) in [4.78, 5) is 2.42. The molecule has 0 aliphatic heterocycles. The average molecular weight is 266 g/mol. The van der Waals surface area contributed by atoms with Gasteiger partial charge in [0.25, 0.3) is 0 Å². The van der Waals surface area contributed by atoms with Crippen LogP contribution in [0.4, 0.5) is 4.39 Å². The Morgan fingerprint density at radius 2 is 1.89 bits per heavy atom. The van der Waals surface area contributed by atoms with Crippen molar-refractivity contribution < 1.29 is 4.39 Å². The van der Waals surface area contributed by atoms with Crippen LogP contribution in [0.15, 0.2) is 24.3 Å². The molecular formula is C16H27FN2. The summed E-state index contributed by atoms with van der Waals surface area (Å²) in [5, 5.41) is 3.39. The third kappa shape index (κ3) is 5.29. The minimum absolute atomic E-state index is 0.105. The van der Waals surface area contributed by atoms with E-state index in [4.69, 9.17) is 0 Å². The van der Waals surface area contributed by atoms with E-state index in [0.717, 1.165) is 38.2 Å². The maximum Gasteiger partial charge on any atom is 0.127 e. The Kier molecular flexibility index (Phi) is 7.68. The Bertz CT molecular complexity index is 354. The van der Waals surface area contributed by atoms with E-state index in [9.17, 15) is 4.39 Å². The number of hydrogen-bond donors (Lipinski definition) is 1. The molecule has 0 aliphatic carbocycles. The van der Waals surface area contributed by atoms with E-state index >= 15 is 0 Å². The highest BCUT2D eigenvalue weighted by Gasteiger charge is 2.15. The normalized spacial score (nSPS) is 12.9. The van der Waals surface area contributed by atoms with E-state index in [-0.39, 0.29) is 11.9 Å². The first kappa shape index (κ1) is 16.1. The second-order valence-corrected chi connectivity index (χ2v) is 4.85. The van der Waals surface area contributed by atoms with Crippen molar-refractivity contribution in [1.29, 1.82) is 0 Å². The van der Waals surface area contributed by atoms with Crippen molar-refractivity contribution in [3.63, 3.8) is 0 Å². The summed E-state index contributed by atoms with van der Waals surface area (Å²) in [6.45, 7) is 10.5. The first-order valence-electron chi connectivity index (χ1n) is 7.43. The maximum absolute atomic E-state index is 13.9. The molecular weight excluding hydrogens is 239 g/mol. The smallest absolute Gasteiger partial charge is 0.127 e. The molecule has 1 aromatic rings. The highest BCUT2D eigenvalue weighted by molar-refractivity contribution is 5.21. The Balaban J connectivity index is 2.65. The van der Waals surface area contributed by atoms with Crippen molar-refractivity contribution in [2.75, 3.05) is 26.2 Å². The van der Waals surface area contributed by atoms with Crippen LogP contribution in [0, 0.1) is 5.82 Å². The van der Waals surface area contributed by atoms with Crippen LogP contribution in [0.1, 0.15) is 45.2 Å². The summed E-state index contributed by atoms with van der Waals surface area (Å²) >= 11 is 0. The quantitative estimate of drug-likeness (QED) is 0.734. The number of nitrogens with one attached hydrogen (secondary N) is 1. The van der Waals surface area contributed by atoms with Gasteiger partial charge in [0, 0.05) is 11.6 Å².